The Morgan fingerprint density at radius 3 is 2.50 bits per heavy atom. The second-order valence-corrected chi connectivity index (χ2v) is 10.8. The lowest BCUT2D eigenvalue weighted by Crippen LogP contribution is -2.26. The molecule has 0 saturated carbocycles. The van der Waals surface area contributed by atoms with Crippen LogP contribution >= 0.6 is 22.9 Å². The number of aryl methyl sites for hydroxylation is 2. The molecule has 3 aromatic rings. The monoisotopic (exact) mass is 491 g/mol. The van der Waals surface area contributed by atoms with Gasteiger partial charge in [-0.25, -0.2) is 13.4 Å². The number of nitrogens with zero attached hydrogens (tertiary/aromatic N) is 2. The largest absolute Gasteiger partial charge is 0.484 e. The van der Waals surface area contributed by atoms with Gasteiger partial charge in [-0.1, -0.05) is 11.6 Å². The minimum absolute atomic E-state index is 0.144. The second kappa shape index (κ2) is 9.48. The lowest BCUT2D eigenvalue weighted by molar-refractivity contribution is -0.118. The summed E-state index contributed by atoms with van der Waals surface area (Å²) in [5.74, 6) is 0.169. The van der Waals surface area contributed by atoms with Crippen molar-refractivity contribution in [3.63, 3.8) is 0 Å². The van der Waals surface area contributed by atoms with E-state index in [2.05, 4.69) is 10.3 Å². The number of anilines is 2. The molecule has 0 saturated heterocycles. The van der Waals surface area contributed by atoms with Gasteiger partial charge in [0.2, 0.25) is 0 Å². The van der Waals surface area contributed by atoms with Crippen LogP contribution in [0.3, 0.4) is 0 Å². The normalized spacial score (nSPS) is 13.3. The van der Waals surface area contributed by atoms with Gasteiger partial charge in [-0.15, -0.1) is 11.3 Å². The first kappa shape index (κ1) is 22.6. The van der Waals surface area contributed by atoms with Crippen LogP contribution in [-0.4, -0.2) is 33.0 Å². The number of ether oxygens (including phenoxy) is 1. The molecule has 1 N–H and O–H groups in total. The maximum Gasteiger partial charge on any atom is 0.264 e. The zero-order valence-corrected chi connectivity index (χ0v) is 19.8. The van der Waals surface area contributed by atoms with Crippen LogP contribution in [-0.2, 0) is 27.7 Å². The summed E-state index contributed by atoms with van der Waals surface area (Å²) in [5.41, 5.74) is 1.55. The molecule has 0 radical (unpaired) electrons. The molecule has 0 fully saturated rings. The highest BCUT2D eigenvalue weighted by atomic mass is 35.5. The van der Waals surface area contributed by atoms with Crippen LogP contribution < -0.4 is 14.4 Å². The predicted molar refractivity (Wildman–Crippen MR) is 126 cm³/mol. The molecular weight excluding hydrogens is 470 g/mol. The van der Waals surface area contributed by atoms with E-state index in [1.54, 1.807) is 24.3 Å². The Balaban J connectivity index is 1.34. The number of halogens is 1. The van der Waals surface area contributed by atoms with Crippen LogP contribution in [0.4, 0.5) is 10.8 Å². The van der Waals surface area contributed by atoms with Gasteiger partial charge in [0.15, 0.2) is 11.7 Å². The van der Waals surface area contributed by atoms with E-state index < -0.39 is 10.0 Å². The zero-order valence-electron chi connectivity index (χ0n) is 17.4. The highest BCUT2D eigenvalue weighted by Crippen LogP contribution is 2.29. The van der Waals surface area contributed by atoms with E-state index in [9.17, 15) is 13.2 Å². The Kier molecular flexibility index (Phi) is 6.68. The Labute approximate surface area is 196 Å². The lowest BCUT2D eigenvalue weighted by Gasteiger charge is -2.20. The second-order valence-electron chi connectivity index (χ2n) is 7.35. The first-order valence-electron chi connectivity index (χ1n) is 10.1. The van der Waals surface area contributed by atoms with E-state index >= 15 is 0 Å². The maximum absolute atomic E-state index is 12.8. The Hall–Kier alpha value is -2.62. The fourth-order valence-corrected chi connectivity index (χ4v) is 5.75. The summed E-state index contributed by atoms with van der Waals surface area (Å²) in [4.78, 5) is 18.1. The first-order valence-corrected chi connectivity index (χ1v) is 12.7. The van der Waals surface area contributed by atoms with Crippen molar-refractivity contribution in [1.82, 2.24) is 4.98 Å². The van der Waals surface area contributed by atoms with Gasteiger partial charge in [0.25, 0.3) is 15.9 Å². The van der Waals surface area contributed by atoms with Crippen LogP contribution in [0, 0.1) is 0 Å². The van der Waals surface area contributed by atoms with Gasteiger partial charge < -0.3 is 4.74 Å². The van der Waals surface area contributed by atoms with Crippen molar-refractivity contribution >= 4 is 49.7 Å². The third-order valence-electron chi connectivity index (χ3n) is 5.13. The summed E-state index contributed by atoms with van der Waals surface area (Å²) in [6.07, 6.45) is 4.29. The number of rotatable bonds is 7. The Morgan fingerprint density at radius 2 is 1.81 bits per heavy atom. The molecule has 1 aliphatic carbocycles. The highest BCUT2D eigenvalue weighted by molar-refractivity contribution is 7.92. The van der Waals surface area contributed by atoms with E-state index in [-0.39, 0.29) is 17.4 Å². The number of hydrogen-bond donors (Lipinski definition) is 1. The molecule has 0 atom stereocenters. The van der Waals surface area contributed by atoms with Crippen LogP contribution in [0.2, 0.25) is 5.02 Å². The highest BCUT2D eigenvalue weighted by Gasteiger charge is 2.21. The minimum Gasteiger partial charge on any atom is -0.484 e. The number of sulfonamides is 1. The van der Waals surface area contributed by atoms with Crippen molar-refractivity contribution in [3.05, 3.63) is 64.1 Å². The number of amides is 1. The molecule has 10 heteroatoms. The third kappa shape index (κ3) is 5.06. The smallest absolute Gasteiger partial charge is 0.264 e. The van der Waals surface area contributed by atoms with Gasteiger partial charge in [0.05, 0.1) is 16.3 Å². The van der Waals surface area contributed by atoms with Crippen LogP contribution in [0.25, 0.3) is 0 Å². The molecule has 1 aliphatic rings. The topological polar surface area (TPSA) is 88.6 Å². The standard InChI is InChI=1S/C22H22ClN3O4S2/c1-26(32(28,29)18-12-6-15(23)7-13-18)16-8-10-17(11-9-16)30-14-21(27)25-22-24-19-4-2-3-5-20(19)31-22/h6-13H,2-5,14H2,1H3,(H,24,25,27). The number of hydrogen-bond acceptors (Lipinski definition) is 6. The van der Waals surface area contributed by atoms with Crippen molar-refractivity contribution in [2.24, 2.45) is 0 Å². The number of benzene rings is 2. The lowest BCUT2D eigenvalue weighted by atomic mass is 10.0. The molecule has 168 valence electrons. The summed E-state index contributed by atoms with van der Waals surface area (Å²) in [5, 5.41) is 3.86. The van der Waals surface area contributed by atoms with Crippen molar-refractivity contribution in [2.45, 2.75) is 30.6 Å². The molecular formula is C22H22ClN3O4S2. The summed E-state index contributed by atoms with van der Waals surface area (Å²) in [6.45, 7) is -0.164. The summed E-state index contributed by atoms with van der Waals surface area (Å²) >= 11 is 7.37. The Morgan fingerprint density at radius 1 is 1.12 bits per heavy atom. The average Bonchev–Trinajstić information content (AvgIpc) is 3.20. The fourth-order valence-electron chi connectivity index (χ4n) is 3.37. The maximum atomic E-state index is 12.8. The number of fused-ring (bicyclic) bond motifs is 1. The molecule has 0 bridgehead atoms. The summed E-state index contributed by atoms with van der Waals surface area (Å²) in [7, 11) is -2.25. The number of carbonyl (C=O) groups excluding carboxylic acids is 1. The number of aromatic nitrogens is 1. The zero-order chi connectivity index (χ0) is 22.7. The predicted octanol–water partition coefficient (Wildman–Crippen LogP) is 4.52. The van der Waals surface area contributed by atoms with E-state index in [1.165, 1.54) is 51.8 Å². The molecule has 0 aliphatic heterocycles. The molecule has 4 rings (SSSR count). The first-order chi connectivity index (χ1) is 15.3. The third-order valence-corrected chi connectivity index (χ3v) is 8.26. The molecule has 7 nitrogen and oxygen atoms in total. The van der Waals surface area contributed by atoms with Crippen molar-refractivity contribution in [2.75, 3.05) is 23.3 Å². The van der Waals surface area contributed by atoms with Crippen LogP contribution in [0.1, 0.15) is 23.4 Å². The van der Waals surface area contributed by atoms with Crippen molar-refractivity contribution < 1.29 is 17.9 Å². The van der Waals surface area contributed by atoms with Crippen LogP contribution in [0.5, 0.6) is 5.75 Å². The van der Waals surface area contributed by atoms with Gasteiger partial charge >= 0.3 is 0 Å². The summed E-state index contributed by atoms with van der Waals surface area (Å²) < 4.78 is 32.3. The average molecular weight is 492 g/mol. The van der Waals surface area contributed by atoms with E-state index in [0.29, 0.717) is 21.6 Å². The molecule has 0 unspecified atom stereocenters. The molecule has 1 heterocycles. The van der Waals surface area contributed by atoms with Crippen molar-refractivity contribution in [1.29, 1.82) is 0 Å². The quantitative estimate of drug-likeness (QED) is 0.525. The van der Waals surface area contributed by atoms with E-state index in [0.717, 1.165) is 31.4 Å². The number of carbonyl (C=O) groups is 1. The van der Waals surface area contributed by atoms with E-state index in [1.807, 2.05) is 0 Å². The molecule has 2 aromatic carbocycles. The van der Waals surface area contributed by atoms with Gasteiger partial charge in [0.1, 0.15) is 5.75 Å². The van der Waals surface area contributed by atoms with Gasteiger partial charge in [-0.05, 0) is 74.2 Å². The Bertz CT molecular complexity index is 1190. The SMILES string of the molecule is CN(c1ccc(OCC(=O)Nc2nc3c(s2)CCCC3)cc1)S(=O)(=O)c1ccc(Cl)cc1. The van der Waals surface area contributed by atoms with Crippen molar-refractivity contribution in [3.8, 4) is 5.75 Å². The molecule has 0 spiro atoms. The number of thiazole rings is 1. The fraction of sp³-hybridized carbons (Fsp3) is 0.273. The van der Waals surface area contributed by atoms with Gasteiger partial charge in [-0.3, -0.25) is 14.4 Å². The van der Waals surface area contributed by atoms with Crippen LogP contribution in [0.15, 0.2) is 53.4 Å². The molecule has 1 aromatic heterocycles. The minimum atomic E-state index is -3.72. The van der Waals surface area contributed by atoms with Gasteiger partial charge in [0, 0.05) is 16.9 Å². The van der Waals surface area contributed by atoms with Gasteiger partial charge in [-0.2, -0.15) is 0 Å². The molecule has 1 amide bonds. The molecule has 32 heavy (non-hydrogen) atoms. The number of nitrogens with one attached hydrogen (secondary N) is 1. The summed E-state index contributed by atoms with van der Waals surface area (Å²) in [6, 6.07) is 12.5. The van der Waals surface area contributed by atoms with E-state index in [4.69, 9.17) is 16.3 Å².